The summed E-state index contributed by atoms with van der Waals surface area (Å²) in [5, 5.41) is 1.03. The molecule has 2 amide bonds. The number of aromatic amines is 1. The molecule has 7 atom stereocenters. The highest BCUT2D eigenvalue weighted by atomic mass is 32.2. The molecule has 0 spiro atoms. The number of aromatic nitrogens is 2. The van der Waals surface area contributed by atoms with E-state index in [0.717, 1.165) is 21.9 Å². The third-order valence-electron chi connectivity index (χ3n) is 7.85. The molecule has 3 aromatic rings. The van der Waals surface area contributed by atoms with Crippen molar-refractivity contribution in [2.75, 3.05) is 4.90 Å². The number of rotatable bonds is 2. The predicted molar refractivity (Wildman–Crippen MR) is 122 cm³/mol. The number of thiazole rings is 1. The smallest absolute Gasteiger partial charge is 0.305 e. The number of H-pyrrole nitrogens is 1. The lowest BCUT2D eigenvalue weighted by molar-refractivity contribution is -0.123. The van der Waals surface area contributed by atoms with Crippen molar-refractivity contribution in [2.24, 2.45) is 29.6 Å². The summed E-state index contributed by atoms with van der Waals surface area (Å²) in [6.07, 6.45) is 4.42. The summed E-state index contributed by atoms with van der Waals surface area (Å²) in [5.41, 5.74) is 1.48. The van der Waals surface area contributed by atoms with Crippen molar-refractivity contribution in [3.8, 4) is 0 Å². The Bertz CT molecular complexity index is 1360. The molecule has 1 aromatic carbocycles. The number of carbonyl (C=O) groups excluding carboxylic acids is 2. The normalized spacial score (nSPS) is 33.8. The number of hydrogen-bond donors (Lipinski definition) is 1. The lowest BCUT2D eigenvalue weighted by atomic mass is 9.68. The molecule has 33 heavy (non-hydrogen) atoms. The Balaban J connectivity index is 1.33. The first-order valence-corrected chi connectivity index (χ1v) is 12.7. The fourth-order valence-electron chi connectivity index (χ4n) is 6.79. The Kier molecular flexibility index (Phi) is 4.09. The number of pyridine rings is 1. The zero-order valence-electron chi connectivity index (χ0n) is 17.2. The largest absolute Gasteiger partial charge is 0.307 e. The van der Waals surface area contributed by atoms with E-state index in [2.05, 4.69) is 9.97 Å². The van der Waals surface area contributed by atoms with Gasteiger partial charge in [-0.25, -0.2) is 4.39 Å². The minimum absolute atomic E-state index is 0.0253. The second-order valence-corrected chi connectivity index (χ2v) is 11.4. The summed E-state index contributed by atoms with van der Waals surface area (Å²) < 4.78 is 13.4. The van der Waals surface area contributed by atoms with Gasteiger partial charge in [-0.3, -0.25) is 24.3 Å². The predicted octanol–water partition coefficient (Wildman–Crippen LogP) is 3.65. The number of benzene rings is 1. The molecule has 0 unspecified atom stereocenters. The highest BCUT2D eigenvalue weighted by Gasteiger charge is 2.69. The van der Waals surface area contributed by atoms with Crippen LogP contribution >= 0.6 is 23.1 Å². The molecule has 2 bridgehead atoms. The van der Waals surface area contributed by atoms with Crippen LogP contribution in [0.4, 0.5) is 10.1 Å². The van der Waals surface area contributed by atoms with E-state index in [1.54, 1.807) is 18.0 Å². The summed E-state index contributed by atoms with van der Waals surface area (Å²) in [6.45, 7) is 0. The van der Waals surface area contributed by atoms with E-state index in [4.69, 9.17) is 0 Å². The molecule has 3 fully saturated rings. The minimum Gasteiger partial charge on any atom is -0.307 e. The molecule has 2 saturated carbocycles. The van der Waals surface area contributed by atoms with Gasteiger partial charge in [-0.1, -0.05) is 17.4 Å². The number of halogens is 1. The van der Waals surface area contributed by atoms with Crippen molar-refractivity contribution in [3.63, 3.8) is 0 Å². The highest BCUT2D eigenvalue weighted by molar-refractivity contribution is 8.00. The van der Waals surface area contributed by atoms with Crippen LogP contribution in [0.1, 0.15) is 22.8 Å². The van der Waals surface area contributed by atoms with Crippen LogP contribution in [0.15, 0.2) is 58.6 Å². The molecule has 2 aliphatic heterocycles. The topological polar surface area (TPSA) is 83.1 Å². The molecule has 2 aliphatic carbocycles. The monoisotopic (exact) mass is 479 g/mol. The second kappa shape index (κ2) is 6.87. The fourth-order valence-corrected chi connectivity index (χ4v) is 9.68. The first-order chi connectivity index (χ1) is 16.0. The van der Waals surface area contributed by atoms with Gasteiger partial charge < -0.3 is 4.98 Å². The number of anilines is 1. The number of nitrogens with one attached hydrogen (secondary N) is 1. The maximum Gasteiger partial charge on any atom is 0.305 e. The standard InChI is InChI=1S/C24H18FN3O3S2/c25-11-3-5-12(6-4-11)28-22(29)17-13-8-14(18(17)23(28)30)19-16(13)15(10-2-1-7-26-9-10)20-21(32-19)27-24(31)33-20/h1-7,9,13-19H,8H2,(H,27,31)/t13-,14+,15-,16+,17+,18+,19+/m0/s1. The summed E-state index contributed by atoms with van der Waals surface area (Å²) in [7, 11) is 0. The van der Waals surface area contributed by atoms with Crippen LogP contribution in [0.2, 0.25) is 0 Å². The van der Waals surface area contributed by atoms with E-state index in [1.807, 2.05) is 18.3 Å². The van der Waals surface area contributed by atoms with Gasteiger partial charge in [0, 0.05) is 28.4 Å². The van der Waals surface area contributed by atoms with Gasteiger partial charge in [0.1, 0.15) is 5.82 Å². The molecule has 6 nitrogen and oxygen atoms in total. The highest BCUT2D eigenvalue weighted by Crippen LogP contribution is 2.68. The van der Waals surface area contributed by atoms with Crippen molar-refractivity contribution in [3.05, 3.63) is 74.7 Å². The van der Waals surface area contributed by atoms with E-state index >= 15 is 0 Å². The zero-order valence-corrected chi connectivity index (χ0v) is 18.8. The number of thioether (sulfide) groups is 1. The van der Waals surface area contributed by atoms with Crippen LogP contribution in [0.3, 0.4) is 0 Å². The van der Waals surface area contributed by atoms with Crippen molar-refractivity contribution >= 4 is 40.6 Å². The lowest BCUT2D eigenvalue weighted by Gasteiger charge is -2.42. The Labute approximate surface area is 196 Å². The van der Waals surface area contributed by atoms with E-state index in [-0.39, 0.29) is 57.4 Å². The molecule has 1 saturated heterocycles. The zero-order chi connectivity index (χ0) is 22.4. The minimum atomic E-state index is -0.403. The van der Waals surface area contributed by atoms with Gasteiger partial charge in [0.15, 0.2) is 0 Å². The van der Waals surface area contributed by atoms with Crippen LogP contribution in [0.25, 0.3) is 0 Å². The average Bonchev–Trinajstić information content (AvgIpc) is 3.54. The Hall–Kier alpha value is -2.78. The van der Waals surface area contributed by atoms with Gasteiger partial charge in [0.05, 0.1) is 22.5 Å². The number of imide groups is 1. The SMILES string of the molecule is O=C1[C@@H]2[C@H]3C[C@@H]([C@H]4Sc5[nH]c(=O)sc5[C@@H](c5cccnc5)[C@@H]34)[C@H]2C(=O)N1c1ccc(F)cc1. The van der Waals surface area contributed by atoms with Crippen molar-refractivity contribution in [1.82, 2.24) is 9.97 Å². The molecule has 1 N–H and O–H groups in total. The van der Waals surface area contributed by atoms with Gasteiger partial charge >= 0.3 is 4.87 Å². The average molecular weight is 480 g/mol. The Morgan fingerprint density at radius 1 is 1.03 bits per heavy atom. The molecule has 166 valence electrons. The lowest BCUT2D eigenvalue weighted by Crippen LogP contribution is -2.42. The maximum atomic E-state index is 13.6. The van der Waals surface area contributed by atoms with E-state index in [0.29, 0.717) is 5.69 Å². The molecular formula is C24H18FN3O3S2. The van der Waals surface area contributed by atoms with Gasteiger partial charge in [-0.2, -0.15) is 0 Å². The number of fused-ring (bicyclic) bond motifs is 9. The van der Waals surface area contributed by atoms with Gasteiger partial charge in [-0.15, -0.1) is 11.8 Å². The molecule has 4 heterocycles. The molecule has 4 aliphatic rings. The molecule has 9 heteroatoms. The van der Waals surface area contributed by atoms with Gasteiger partial charge in [0.25, 0.3) is 0 Å². The summed E-state index contributed by atoms with van der Waals surface area (Å²) in [6, 6.07) is 9.49. The third-order valence-corrected chi connectivity index (χ3v) is 10.4. The van der Waals surface area contributed by atoms with E-state index < -0.39 is 5.82 Å². The van der Waals surface area contributed by atoms with E-state index in [9.17, 15) is 18.8 Å². The fraction of sp³-hybridized carbons (Fsp3) is 0.333. The maximum absolute atomic E-state index is 13.6. The number of carbonyl (C=O) groups is 2. The molecule has 7 rings (SSSR count). The first kappa shape index (κ1) is 19.7. The number of hydrogen-bond acceptors (Lipinski definition) is 6. The van der Waals surface area contributed by atoms with Crippen molar-refractivity contribution in [2.45, 2.75) is 22.6 Å². The van der Waals surface area contributed by atoms with E-state index in [1.165, 1.54) is 40.5 Å². The van der Waals surface area contributed by atoms with Crippen molar-refractivity contribution < 1.29 is 14.0 Å². The molecular weight excluding hydrogens is 461 g/mol. The molecule has 0 radical (unpaired) electrons. The van der Waals surface area contributed by atoms with Crippen LogP contribution in [-0.2, 0) is 9.59 Å². The van der Waals surface area contributed by atoms with Gasteiger partial charge in [-0.05, 0) is 60.1 Å². The quantitative estimate of drug-likeness (QED) is 0.568. The summed E-state index contributed by atoms with van der Waals surface area (Å²) >= 11 is 2.90. The summed E-state index contributed by atoms with van der Waals surface area (Å²) in [4.78, 5) is 48.8. The summed E-state index contributed by atoms with van der Waals surface area (Å²) in [5.74, 6) is -1.25. The molecule has 2 aromatic heterocycles. The first-order valence-electron chi connectivity index (χ1n) is 11.0. The van der Waals surface area contributed by atoms with Gasteiger partial charge in [0.2, 0.25) is 11.8 Å². The number of nitrogens with zero attached hydrogens (tertiary/aromatic N) is 2. The van der Waals surface area contributed by atoms with Crippen LogP contribution < -0.4 is 9.77 Å². The third kappa shape index (κ3) is 2.60. The van der Waals surface area contributed by atoms with Crippen LogP contribution in [-0.4, -0.2) is 27.0 Å². The second-order valence-electron chi connectivity index (χ2n) is 9.24. The van der Waals surface area contributed by atoms with Crippen molar-refractivity contribution in [1.29, 1.82) is 0 Å². The number of amides is 2. The van der Waals surface area contributed by atoms with Crippen LogP contribution in [0, 0.1) is 35.4 Å². The van der Waals surface area contributed by atoms with Crippen LogP contribution in [0.5, 0.6) is 0 Å². The Morgan fingerprint density at radius 3 is 2.52 bits per heavy atom. The Morgan fingerprint density at radius 2 is 1.79 bits per heavy atom.